The number of hydrogen-bond acceptors (Lipinski definition) is 5. The molecule has 5 nitrogen and oxygen atoms in total. The number of likely N-dealkylation sites (N-methyl/N-ethyl adjacent to an activating group) is 1. The van der Waals surface area contributed by atoms with Crippen LogP contribution in [-0.2, 0) is 15.1 Å². The first-order chi connectivity index (χ1) is 13.5. The fourth-order valence-electron chi connectivity index (χ4n) is 3.65. The Balaban J connectivity index is 1.61. The van der Waals surface area contributed by atoms with E-state index in [0.717, 1.165) is 32.6 Å². The lowest BCUT2D eigenvalue weighted by atomic mass is 9.86. The Bertz CT molecular complexity index is 711. The molecule has 0 unspecified atom stereocenters. The molecule has 0 saturated carbocycles. The highest BCUT2D eigenvalue weighted by Crippen LogP contribution is 2.31. The van der Waals surface area contributed by atoms with Crippen LogP contribution in [0, 0.1) is 0 Å². The monoisotopic (exact) mass is 382 g/mol. The van der Waals surface area contributed by atoms with Gasteiger partial charge in [0.25, 0.3) is 0 Å². The van der Waals surface area contributed by atoms with Crippen molar-refractivity contribution >= 4 is 5.97 Å². The van der Waals surface area contributed by atoms with Crippen LogP contribution < -0.4 is 0 Å². The van der Waals surface area contributed by atoms with E-state index in [1.54, 1.807) is 24.3 Å². The van der Waals surface area contributed by atoms with Crippen molar-refractivity contribution in [1.29, 1.82) is 0 Å². The third-order valence-corrected chi connectivity index (χ3v) is 5.57. The smallest absolute Gasteiger partial charge is 0.347 e. The second-order valence-electron chi connectivity index (χ2n) is 7.56. The largest absolute Gasteiger partial charge is 0.463 e. The molecule has 1 N–H and O–H groups in total. The molecule has 1 atom stereocenters. The van der Waals surface area contributed by atoms with Crippen molar-refractivity contribution in [3.05, 3.63) is 71.8 Å². The molecule has 2 aromatic carbocycles. The van der Waals surface area contributed by atoms with Crippen molar-refractivity contribution in [2.24, 2.45) is 0 Å². The zero-order valence-corrected chi connectivity index (χ0v) is 16.8. The molecule has 1 heterocycles. The van der Waals surface area contributed by atoms with E-state index in [4.69, 9.17) is 4.74 Å². The van der Waals surface area contributed by atoms with Gasteiger partial charge in [-0.1, -0.05) is 60.7 Å². The van der Waals surface area contributed by atoms with Gasteiger partial charge in [0.15, 0.2) is 0 Å². The molecule has 5 heteroatoms. The molecule has 0 radical (unpaired) electrons. The van der Waals surface area contributed by atoms with Crippen molar-refractivity contribution in [3.63, 3.8) is 0 Å². The Morgan fingerprint density at radius 3 is 2.18 bits per heavy atom. The van der Waals surface area contributed by atoms with Gasteiger partial charge in [0, 0.05) is 32.2 Å². The molecule has 0 spiro atoms. The van der Waals surface area contributed by atoms with Crippen LogP contribution in [0.2, 0.25) is 0 Å². The third kappa shape index (κ3) is 4.61. The molecule has 28 heavy (non-hydrogen) atoms. The van der Waals surface area contributed by atoms with Crippen LogP contribution in [0.25, 0.3) is 0 Å². The van der Waals surface area contributed by atoms with E-state index in [2.05, 4.69) is 23.8 Å². The van der Waals surface area contributed by atoms with Crippen LogP contribution in [-0.4, -0.2) is 66.8 Å². The van der Waals surface area contributed by atoms with Crippen molar-refractivity contribution < 1.29 is 14.6 Å². The van der Waals surface area contributed by atoms with Crippen molar-refractivity contribution in [1.82, 2.24) is 9.80 Å². The number of carbonyl (C=O) groups excluding carboxylic acids is 1. The summed E-state index contributed by atoms with van der Waals surface area (Å²) in [6.07, 6.45) is 0.752. The lowest BCUT2D eigenvalue weighted by Crippen LogP contribution is -2.50. The number of nitrogens with zero attached hydrogens (tertiary/aromatic N) is 2. The second kappa shape index (κ2) is 9.32. The van der Waals surface area contributed by atoms with E-state index in [1.807, 2.05) is 36.4 Å². The Morgan fingerprint density at radius 2 is 1.64 bits per heavy atom. The fourth-order valence-corrected chi connectivity index (χ4v) is 3.65. The summed E-state index contributed by atoms with van der Waals surface area (Å²) in [7, 11) is 2.15. The Kier molecular flexibility index (Phi) is 6.83. The number of esters is 1. The van der Waals surface area contributed by atoms with Crippen molar-refractivity contribution in [2.45, 2.75) is 25.0 Å². The van der Waals surface area contributed by atoms with Gasteiger partial charge in [0.1, 0.15) is 0 Å². The second-order valence-corrected chi connectivity index (χ2v) is 7.56. The molecule has 150 valence electrons. The maximum absolute atomic E-state index is 12.9. The van der Waals surface area contributed by atoms with Gasteiger partial charge in [-0.15, -0.1) is 0 Å². The van der Waals surface area contributed by atoms with Gasteiger partial charge < -0.3 is 19.6 Å². The number of benzene rings is 2. The summed E-state index contributed by atoms with van der Waals surface area (Å²) >= 11 is 0. The Hall–Kier alpha value is -2.21. The highest BCUT2D eigenvalue weighted by molar-refractivity contribution is 5.85. The molecule has 0 bridgehead atoms. The number of aliphatic hydroxyl groups is 1. The molecule has 0 aromatic heterocycles. The summed E-state index contributed by atoms with van der Waals surface area (Å²) in [5.74, 6) is -0.628. The van der Waals surface area contributed by atoms with Crippen LogP contribution in [0.1, 0.15) is 24.5 Å². The van der Waals surface area contributed by atoms with Crippen LogP contribution in [0.3, 0.4) is 0 Å². The number of ether oxygens (including phenoxy) is 1. The van der Waals surface area contributed by atoms with E-state index >= 15 is 0 Å². The van der Waals surface area contributed by atoms with Gasteiger partial charge in [0.2, 0.25) is 5.60 Å². The topological polar surface area (TPSA) is 53.0 Å². The fraction of sp³-hybridized carbons (Fsp3) is 0.435. The van der Waals surface area contributed by atoms with Gasteiger partial charge in [-0.05, 0) is 31.5 Å². The van der Waals surface area contributed by atoms with Crippen molar-refractivity contribution in [2.75, 3.05) is 39.8 Å². The van der Waals surface area contributed by atoms with Gasteiger partial charge in [-0.2, -0.15) is 0 Å². The lowest BCUT2D eigenvalue weighted by molar-refractivity contribution is -0.162. The first-order valence-electron chi connectivity index (χ1n) is 9.95. The van der Waals surface area contributed by atoms with Crippen LogP contribution >= 0.6 is 0 Å². The Labute approximate surface area is 167 Å². The summed E-state index contributed by atoms with van der Waals surface area (Å²) in [6, 6.07) is 18.5. The average Bonchev–Trinajstić information content (AvgIpc) is 2.74. The summed E-state index contributed by atoms with van der Waals surface area (Å²) in [6.45, 7) is 6.53. The lowest BCUT2D eigenvalue weighted by Gasteiger charge is -2.37. The standard InChI is InChI=1S/C23H30N2O3/c1-19-18-25(16-15-24(19)2)14-9-17-28-22(26)23(27,20-10-5-3-6-11-20)21-12-7-4-8-13-21/h3-8,10-13,19,27H,9,14-18H2,1-2H3/t19-/m1/s1. The van der Waals surface area contributed by atoms with Crippen LogP contribution in [0.15, 0.2) is 60.7 Å². The van der Waals surface area contributed by atoms with Gasteiger partial charge in [-0.25, -0.2) is 4.79 Å². The molecule has 0 amide bonds. The molecule has 1 saturated heterocycles. The summed E-state index contributed by atoms with van der Waals surface area (Å²) in [4.78, 5) is 17.7. The molecular weight excluding hydrogens is 352 g/mol. The average molecular weight is 383 g/mol. The van der Waals surface area contributed by atoms with E-state index in [-0.39, 0.29) is 0 Å². The van der Waals surface area contributed by atoms with Gasteiger partial charge in [0.05, 0.1) is 6.61 Å². The molecule has 1 aliphatic heterocycles. The van der Waals surface area contributed by atoms with E-state index in [0.29, 0.717) is 23.8 Å². The van der Waals surface area contributed by atoms with E-state index in [1.165, 1.54) is 0 Å². The summed E-state index contributed by atoms with van der Waals surface area (Å²) in [5.41, 5.74) is -0.775. The number of piperazine rings is 1. The maximum atomic E-state index is 12.9. The quantitative estimate of drug-likeness (QED) is 0.589. The SMILES string of the molecule is C[C@@H]1CN(CCCOC(=O)C(O)(c2ccccc2)c2ccccc2)CCN1C. The highest BCUT2D eigenvalue weighted by Gasteiger charge is 2.41. The minimum Gasteiger partial charge on any atom is -0.463 e. The first kappa shape index (κ1) is 20.5. The highest BCUT2D eigenvalue weighted by atomic mass is 16.5. The molecule has 3 rings (SSSR count). The zero-order valence-electron chi connectivity index (χ0n) is 16.8. The number of carbonyl (C=O) groups is 1. The van der Waals surface area contributed by atoms with E-state index in [9.17, 15) is 9.90 Å². The first-order valence-corrected chi connectivity index (χ1v) is 9.95. The van der Waals surface area contributed by atoms with Gasteiger partial charge >= 0.3 is 5.97 Å². The van der Waals surface area contributed by atoms with E-state index < -0.39 is 11.6 Å². The summed E-state index contributed by atoms with van der Waals surface area (Å²) < 4.78 is 5.53. The van der Waals surface area contributed by atoms with Crippen LogP contribution in [0.5, 0.6) is 0 Å². The number of hydrogen-bond donors (Lipinski definition) is 1. The number of rotatable bonds is 7. The molecule has 0 aliphatic carbocycles. The Morgan fingerprint density at radius 1 is 1.07 bits per heavy atom. The minimum absolute atomic E-state index is 0.293. The molecule has 1 fully saturated rings. The normalized spacial score (nSPS) is 18.8. The molecule has 2 aromatic rings. The summed E-state index contributed by atoms with van der Waals surface area (Å²) in [5, 5.41) is 11.3. The van der Waals surface area contributed by atoms with Gasteiger partial charge in [-0.3, -0.25) is 0 Å². The van der Waals surface area contributed by atoms with Crippen LogP contribution in [0.4, 0.5) is 0 Å². The minimum atomic E-state index is -1.80. The predicted octanol–water partition coefficient (Wildman–Crippen LogP) is 2.49. The molecular formula is C23H30N2O3. The predicted molar refractivity (Wildman–Crippen MR) is 110 cm³/mol. The van der Waals surface area contributed by atoms with Crippen molar-refractivity contribution in [3.8, 4) is 0 Å². The third-order valence-electron chi connectivity index (χ3n) is 5.57. The maximum Gasteiger partial charge on any atom is 0.347 e. The molecule has 1 aliphatic rings. The zero-order chi connectivity index (χ0) is 20.0.